The molecule has 0 aliphatic heterocycles. The molecule has 0 unspecified atom stereocenters. The average Bonchev–Trinajstić information content (AvgIpc) is 2.25. The summed E-state index contributed by atoms with van der Waals surface area (Å²) in [5.41, 5.74) is -2.23. The SMILES string of the molecule is COC(=O)[C@H](C)Sc1nc(C(F)(F)F)cc(=O)[nH]1. The predicted molar refractivity (Wildman–Crippen MR) is 57.2 cm³/mol. The van der Waals surface area contributed by atoms with Crippen LogP contribution in [-0.4, -0.2) is 28.3 Å². The maximum Gasteiger partial charge on any atom is 0.433 e. The summed E-state index contributed by atoms with van der Waals surface area (Å²) in [5.74, 6) is -0.625. The van der Waals surface area contributed by atoms with E-state index in [0.717, 1.165) is 7.11 Å². The van der Waals surface area contributed by atoms with Gasteiger partial charge in [0.15, 0.2) is 10.9 Å². The first-order chi connectivity index (χ1) is 8.24. The zero-order valence-corrected chi connectivity index (χ0v) is 10.2. The van der Waals surface area contributed by atoms with E-state index in [4.69, 9.17) is 0 Å². The number of esters is 1. The van der Waals surface area contributed by atoms with Crippen molar-refractivity contribution in [2.75, 3.05) is 7.11 Å². The highest BCUT2D eigenvalue weighted by molar-refractivity contribution is 8.00. The van der Waals surface area contributed by atoms with Crippen molar-refractivity contribution in [3.05, 3.63) is 22.1 Å². The number of hydrogen-bond donors (Lipinski definition) is 1. The first-order valence-electron chi connectivity index (χ1n) is 4.67. The van der Waals surface area contributed by atoms with Crippen molar-refractivity contribution in [2.45, 2.75) is 23.5 Å². The third kappa shape index (κ3) is 3.76. The van der Waals surface area contributed by atoms with E-state index in [2.05, 4.69) is 14.7 Å². The van der Waals surface area contributed by atoms with Crippen LogP contribution in [0.3, 0.4) is 0 Å². The Hall–Kier alpha value is -1.51. The molecule has 9 heteroatoms. The zero-order chi connectivity index (χ0) is 13.9. The summed E-state index contributed by atoms with van der Waals surface area (Å²) in [6.07, 6.45) is -4.71. The van der Waals surface area contributed by atoms with E-state index >= 15 is 0 Å². The molecule has 0 radical (unpaired) electrons. The van der Waals surface area contributed by atoms with Crippen molar-refractivity contribution in [3.8, 4) is 0 Å². The number of aromatic amines is 1. The van der Waals surface area contributed by atoms with Gasteiger partial charge in [0.25, 0.3) is 5.56 Å². The van der Waals surface area contributed by atoms with Crippen LogP contribution < -0.4 is 5.56 Å². The van der Waals surface area contributed by atoms with Gasteiger partial charge in [-0.15, -0.1) is 0 Å². The van der Waals surface area contributed by atoms with Crippen molar-refractivity contribution in [1.29, 1.82) is 0 Å². The number of nitrogens with zero attached hydrogens (tertiary/aromatic N) is 1. The minimum Gasteiger partial charge on any atom is -0.468 e. The Kier molecular flexibility index (Phi) is 4.38. The van der Waals surface area contributed by atoms with Gasteiger partial charge in [-0.3, -0.25) is 9.59 Å². The van der Waals surface area contributed by atoms with Crippen LogP contribution in [0, 0.1) is 0 Å². The third-order valence-corrected chi connectivity index (χ3v) is 2.79. The summed E-state index contributed by atoms with van der Waals surface area (Å²) in [7, 11) is 1.15. The highest BCUT2D eigenvalue weighted by Crippen LogP contribution is 2.28. The summed E-state index contributed by atoms with van der Waals surface area (Å²) in [5, 5.41) is -1.06. The van der Waals surface area contributed by atoms with Crippen LogP contribution in [-0.2, 0) is 15.7 Å². The number of carbonyl (C=O) groups excluding carboxylic acids is 1. The molecule has 0 aliphatic rings. The number of methoxy groups -OCH3 is 1. The molecule has 1 rings (SSSR count). The van der Waals surface area contributed by atoms with E-state index in [0.29, 0.717) is 17.8 Å². The fourth-order valence-corrected chi connectivity index (χ4v) is 1.86. The first-order valence-corrected chi connectivity index (χ1v) is 5.55. The highest BCUT2D eigenvalue weighted by Gasteiger charge is 2.33. The number of hydrogen-bond acceptors (Lipinski definition) is 5. The highest BCUT2D eigenvalue weighted by atomic mass is 32.2. The summed E-state index contributed by atoms with van der Waals surface area (Å²) in [4.78, 5) is 27.5. The standard InChI is InChI=1S/C9H9F3N2O3S/c1-4(7(16)17-2)18-8-13-5(9(10,11)12)3-6(15)14-8/h3-4H,1-2H3,(H,13,14,15)/t4-/m0/s1. The molecule has 0 fully saturated rings. The summed E-state index contributed by atoms with van der Waals surface area (Å²) < 4.78 is 41.6. The number of halogens is 3. The molecule has 18 heavy (non-hydrogen) atoms. The second-order valence-corrected chi connectivity index (χ2v) is 4.55. The van der Waals surface area contributed by atoms with E-state index in [9.17, 15) is 22.8 Å². The van der Waals surface area contributed by atoms with Gasteiger partial charge in [-0.05, 0) is 6.92 Å². The van der Waals surface area contributed by atoms with Gasteiger partial charge in [-0.1, -0.05) is 11.8 Å². The van der Waals surface area contributed by atoms with E-state index in [-0.39, 0.29) is 5.16 Å². The topological polar surface area (TPSA) is 72.0 Å². The van der Waals surface area contributed by atoms with Crippen LogP contribution in [0.25, 0.3) is 0 Å². The van der Waals surface area contributed by atoms with Gasteiger partial charge >= 0.3 is 12.1 Å². The van der Waals surface area contributed by atoms with Gasteiger partial charge < -0.3 is 9.72 Å². The van der Waals surface area contributed by atoms with Crippen molar-refractivity contribution >= 4 is 17.7 Å². The van der Waals surface area contributed by atoms with Crippen molar-refractivity contribution in [1.82, 2.24) is 9.97 Å². The average molecular weight is 282 g/mol. The Balaban J connectivity index is 3.01. The van der Waals surface area contributed by atoms with Crippen molar-refractivity contribution in [3.63, 3.8) is 0 Å². The van der Waals surface area contributed by atoms with Crippen LogP contribution in [0.1, 0.15) is 12.6 Å². The first kappa shape index (κ1) is 14.6. The zero-order valence-electron chi connectivity index (χ0n) is 9.37. The number of ether oxygens (including phenoxy) is 1. The number of nitrogens with one attached hydrogen (secondary N) is 1. The largest absolute Gasteiger partial charge is 0.468 e. The van der Waals surface area contributed by atoms with E-state index < -0.39 is 28.6 Å². The number of alkyl halides is 3. The lowest BCUT2D eigenvalue weighted by Gasteiger charge is -2.09. The lowest BCUT2D eigenvalue weighted by molar-refractivity contribution is -0.141. The number of thioether (sulfide) groups is 1. The van der Waals surface area contributed by atoms with Gasteiger partial charge in [0.05, 0.1) is 7.11 Å². The van der Waals surface area contributed by atoms with Gasteiger partial charge in [-0.2, -0.15) is 13.2 Å². The van der Waals surface area contributed by atoms with E-state index in [1.807, 2.05) is 0 Å². The van der Waals surface area contributed by atoms with Crippen molar-refractivity contribution in [2.24, 2.45) is 0 Å². The molecule has 100 valence electrons. The molecule has 5 nitrogen and oxygen atoms in total. The molecule has 0 amide bonds. The molecule has 0 aliphatic carbocycles. The molecule has 0 saturated heterocycles. The Morgan fingerprint density at radius 1 is 1.56 bits per heavy atom. The van der Waals surface area contributed by atoms with E-state index in [1.54, 1.807) is 0 Å². The van der Waals surface area contributed by atoms with Crippen LogP contribution >= 0.6 is 11.8 Å². The van der Waals surface area contributed by atoms with Crippen LogP contribution in [0.4, 0.5) is 13.2 Å². The van der Waals surface area contributed by atoms with Crippen LogP contribution in [0.5, 0.6) is 0 Å². The molecular weight excluding hydrogens is 273 g/mol. The molecular formula is C9H9F3N2O3S. The monoisotopic (exact) mass is 282 g/mol. The number of H-pyrrole nitrogens is 1. The molecule has 0 bridgehead atoms. The quantitative estimate of drug-likeness (QED) is 0.516. The van der Waals surface area contributed by atoms with E-state index in [1.165, 1.54) is 6.92 Å². The maximum atomic E-state index is 12.4. The minimum absolute atomic E-state index is 0.285. The van der Waals surface area contributed by atoms with Gasteiger partial charge in [-0.25, -0.2) is 4.98 Å². The second kappa shape index (κ2) is 5.42. The fourth-order valence-electron chi connectivity index (χ4n) is 1.02. The summed E-state index contributed by atoms with van der Waals surface area (Å²) in [6.45, 7) is 1.43. The molecule has 1 heterocycles. The second-order valence-electron chi connectivity index (χ2n) is 3.22. The molecule has 1 atom stereocenters. The van der Waals surface area contributed by atoms with Gasteiger partial charge in [0.2, 0.25) is 0 Å². The maximum absolute atomic E-state index is 12.4. The summed E-state index contributed by atoms with van der Waals surface area (Å²) >= 11 is 0.679. The molecule has 1 aromatic rings. The molecule has 0 aromatic carbocycles. The molecule has 0 spiro atoms. The number of rotatable bonds is 3. The fraction of sp³-hybridized carbons (Fsp3) is 0.444. The Morgan fingerprint density at radius 2 is 2.17 bits per heavy atom. The lowest BCUT2D eigenvalue weighted by atomic mass is 10.4. The normalized spacial score (nSPS) is 13.2. The van der Waals surface area contributed by atoms with Gasteiger partial charge in [0.1, 0.15) is 5.25 Å². The van der Waals surface area contributed by atoms with Crippen LogP contribution in [0.15, 0.2) is 16.0 Å². The Labute approximate surface area is 104 Å². The lowest BCUT2D eigenvalue weighted by Crippen LogP contribution is -2.19. The van der Waals surface area contributed by atoms with Gasteiger partial charge in [0, 0.05) is 6.07 Å². The summed E-state index contributed by atoms with van der Waals surface area (Å²) in [6, 6.07) is 0.354. The molecule has 0 saturated carbocycles. The molecule has 1 aromatic heterocycles. The predicted octanol–water partition coefficient (Wildman–Crippen LogP) is 1.44. The molecule has 1 N–H and O–H groups in total. The number of aromatic nitrogens is 2. The Bertz CT molecular complexity index is 501. The Morgan fingerprint density at radius 3 is 2.67 bits per heavy atom. The van der Waals surface area contributed by atoms with Crippen molar-refractivity contribution < 1.29 is 22.7 Å². The number of carbonyl (C=O) groups is 1. The smallest absolute Gasteiger partial charge is 0.433 e. The minimum atomic E-state index is -4.71. The third-order valence-electron chi connectivity index (χ3n) is 1.83. The van der Waals surface area contributed by atoms with Crippen LogP contribution in [0.2, 0.25) is 0 Å².